The number of aromatic amines is 1. The Bertz CT molecular complexity index is 812. The van der Waals surface area contributed by atoms with Crippen LogP contribution in [0.4, 0.5) is 0 Å². The van der Waals surface area contributed by atoms with Crippen LogP contribution in [-0.2, 0) is 26.6 Å². The lowest BCUT2D eigenvalue weighted by Gasteiger charge is -2.34. The molecule has 0 unspecified atom stereocenters. The lowest BCUT2D eigenvalue weighted by molar-refractivity contribution is 0.183. The first-order valence-corrected chi connectivity index (χ1v) is 8.51. The van der Waals surface area contributed by atoms with E-state index in [0.29, 0.717) is 0 Å². The fourth-order valence-corrected chi connectivity index (χ4v) is 3.51. The molecule has 0 fully saturated rings. The standard InChI is InChI=1S/C17H23N7/c1-3-7-23-10-6-19-17(23)16-15-13(20-12-21-15)4-8-24(16)11-14-18-5-9-22(14)2/h5-6,9-10,12,16H,3-4,7-8,11H2,1-2H3,(H,20,21)/t16-/m0/s1. The van der Waals surface area contributed by atoms with Gasteiger partial charge in [0.2, 0.25) is 0 Å². The van der Waals surface area contributed by atoms with Gasteiger partial charge in [-0.25, -0.2) is 15.0 Å². The first-order valence-electron chi connectivity index (χ1n) is 8.51. The molecule has 3 aromatic rings. The molecule has 0 aromatic carbocycles. The van der Waals surface area contributed by atoms with Gasteiger partial charge in [-0.15, -0.1) is 0 Å². The maximum absolute atomic E-state index is 4.68. The number of imidazole rings is 3. The number of H-pyrrole nitrogens is 1. The van der Waals surface area contributed by atoms with Crippen molar-refractivity contribution in [1.29, 1.82) is 0 Å². The number of fused-ring (bicyclic) bond motifs is 1. The van der Waals surface area contributed by atoms with Gasteiger partial charge in [-0.3, -0.25) is 4.90 Å². The highest BCUT2D eigenvalue weighted by molar-refractivity contribution is 5.26. The van der Waals surface area contributed by atoms with Gasteiger partial charge in [-0.1, -0.05) is 6.92 Å². The van der Waals surface area contributed by atoms with Gasteiger partial charge >= 0.3 is 0 Å². The van der Waals surface area contributed by atoms with Crippen LogP contribution in [-0.4, -0.2) is 40.5 Å². The molecule has 0 radical (unpaired) electrons. The zero-order valence-electron chi connectivity index (χ0n) is 14.2. The minimum absolute atomic E-state index is 0.0678. The van der Waals surface area contributed by atoms with Gasteiger partial charge < -0.3 is 14.1 Å². The summed E-state index contributed by atoms with van der Waals surface area (Å²) in [5.74, 6) is 2.13. The molecule has 7 heteroatoms. The number of hydrogen-bond donors (Lipinski definition) is 1. The van der Waals surface area contributed by atoms with Crippen LogP contribution in [0.5, 0.6) is 0 Å². The smallest absolute Gasteiger partial charge is 0.132 e. The Labute approximate surface area is 141 Å². The summed E-state index contributed by atoms with van der Waals surface area (Å²) >= 11 is 0. The molecule has 0 aliphatic carbocycles. The van der Waals surface area contributed by atoms with Gasteiger partial charge in [0.05, 0.1) is 18.6 Å². The van der Waals surface area contributed by atoms with Crippen LogP contribution in [0, 0.1) is 0 Å². The largest absolute Gasteiger partial charge is 0.348 e. The second-order valence-corrected chi connectivity index (χ2v) is 6.32. The quantitative estimate of drug-likeness (QED) is 0.778. The normalized spacial score (nSPS) is 18.0. The summed E-state index contributed by atoms with van der Waals surface area (Å²) in [6, 6.07) is 0.0678. The summed E-state index contributed by atoms with van der Waals surface area (Å²) in [7, 11) is 2.04. The average Bonchev–Trinajstić information content (AvgIpc) is 3.30. The fourth-order valence-electron chi connectivity index (χ4n) is 3.51. The van der Waals surface area contributed by atoms with E-state index in [2.05, 4.69) is 47.1 Å². The van der Waals surface area contributed by atoms with Gasteiger partial charge in [0.1, 0.15) is 17.7 Å². The Balaban J connectivity index is 1.73. The van der Waals surface area contributed by atoms with Crippen LogP contribution >= 0.6 is 0 Å². The van der Waals surface area contributed by atoms with Gasteiger partial charge in [-0.2, -0.15) is 0 Å². The van der Waals surface area contributed by atoms with Crippen molar-refractivity contribution >= 4 is 0 Å². The summed E-state index contributed by atoms with van der Waals surface area (Å²) in [5, 5.41) is 0. The van der Waals surface area contributed by atoms with Crippen LogP contribution in [0.25, 0.3) is 0 Å². The fraction of sp³-hybridized carbons (Fsp3) is 0.471. The molecule has 126 valence electrons. The van der Waals surface area contributed by atoms with Gasteiger partial charge in [0.25, 0.3) is 0 Å². The Kier molecular flexibility index (Phi) is 3.93. The van der Waals surface area contributed by atoms with Gasteiger partial charge in [0.15, 0.2) is 0 Å². The van der Waals surface area contributed by atoms with E-state index in [0.717, 1.165) is 49.8 Å². The van der Waals surface area contributed by atoms with Crippen molar-refractivity contribution in [2.24, 2.45) is 7.05 Å². The number of nitrogens with zero attached hydrogens (tertiary/aromatic N) is 6. The van der Waals surface area contributed by atoms with E-state index in [4.69, 9.17) is 0 Å². The van der Waals surface area contributed by atoms with Crippen molar-refractivity contribution < 1.29 is 0 Å². The number of hydrogen-bond acceptors (Lipinski definition) is 4. The Morgan fingerprint density at radius 3 is 2.88 bits per heavy atom. The van der Waals surface area contributed by atoms with Crippen molar-refractivity contribution in [3.63, 3.8) is 0 Å². The third-order valence-corrected chi connectivity index (χ3v) is 4.75. The van der Waals surface area contributed by atoms with E-state index in [9.17, 15) is 0 Å². The highest BCUT2D eigenvalue weighted by Crippen LogP contribution is 2.33. The summed E-state index contributed by atoms with van der Waals surface area (Å²) in [6.07, 6.45) is 11.7. The molecule has 4 heterocycles. The zero-order chi connectivity index (χ0) is 16.5. The number of aryl methyl sites for hydroxylation is 2. The van der Waals surface area contributed by atoms with Crippen LogP contribution < -0.4 is 0 Å². The molecular weight excluding hydrogens is 302 g/mol. The molecule has 3 aromatic heterocycles. The molecule has 0 amide bonds. The second-order valence-electron chi connectivity index (χ2n) is 6.32. The topological polar surface area (TPSA) is 67.6 Å². The van der Waals surface area contributed by atoms with Gasteiger partial charge in [0, 0.05) is 57.0 Å². The van der Waals surface area contributed by atoms with E-state index in [1.54, 1.807) is 6.33 Å². The average molecular weight is 325 g/mol. The van der Waals surface area contributed by atoms with E-state index in [1.807, 2.05) is 25.6 Å². The second kappa shape index (κ2) is 6.24. The van der Waals surface area contributed by atoms with Crippen LogP contribution in [0.1, 0.15) is 42.4 Å². The van der Waals surface area contributed by atoms with Crippen LogP contribution in [0.2, 0.25) is 0 Å². The highest BCUT2D eigenvalue weighted by atomic mass is 15.3. The van der Waals surface area contributed by atoms with E-state index in [1.165, 1.54) is 5.69 Å². The summed E-state index contributed by atoms with van der Waals surface area (Å²) in [5.41, 5.74) is 2.32. The van der Waals surface area contributed by atoms with Crippen molar-refractivity contribution in [3.05, 3.63) is 54.2 Å². The molecule has 1 aliphatic rings. The monoisotopic (exact) mass is 325 g/mol. The van der Waals surface area contributed by atoms with E-state index < -0.39 is 0 Å². The third kappa shape index (κ3) is 2.54. The molecule has 1 atom stereocenters. The lowest BCUT2D eigenvalue weighted by Crippen LogP contribution is -2.38. The molecule has 24 heavy (non-hydrogen) atoms. The minimum atomic E-state index is 0.0678. The predicted octanol–water partition coefficient (Wildman–Crippen LogP) is 1.90. The number of aromatic nitrogens is 6. The molecule has 1 N–H and O–H groups in total. The molecule has 7 nitrogen and oxygen atoms in total. The maximum atomic E-state index is 4.68. The molecule has 0 saturated heterocycles. The van der Waals surface area contributed by atoms with Crippen molar-refractivity contribution in [3.8, 4) is 0 Å². The Hall–Kier alpha value is -2.41. The number of rotatable bonds is 5. The maximum Gasteiger partial charge on any atom is 0.132 e. The Morgan fingerprint density at radius 1 is 1.21 bits per heavy atom. The van der Waals surface area contributed by atoms with E-state index in [-0.39, 0.29) is 6.04 Å². The number of nitrogens with one attached hydrogen (secondary N) is 1. The van der Waals surface area contributed by atoms with Crippen LogP contribution in [0.3, 0.4) is 0 Å². The van der Waals surface area contributed by atoms with Crippen molar-refractivity contribution in [2.75, 3.05) is 6.54 Å². The predicted molar refractivity (Wildman–Crippen MR) is 90.3 cm³/mol. The molecule has 0 bridgehead atoms. The van der Waals surface area contributed by atoms with Crippen LogP contribution in [0.15, 0.2) is 31.1 Å². The highest BCUT2D eigenvalue weighted by Gasteiger charge is 2.34. The van der Waals surface area contributed by atoms with Crippen molar-refractivity contribution in [1.82, 2.24) is 34.0 Å². The third-order valence-electron chi connectivity index (χ3n) is 4.75. The molecule has 4 rings (SSSR count). The molecular formula is C17H23N7. The Morgan fingerprint density at radius 2 is 2.08 bits per heavy atom. The lowest BCUT2D eigenvalue weighted by atomic mass is 10.0. The summed E-state index contributed by atoms with van der Waals surface area (Å²) < 4.78 is 4.33. The van der Waals surface area contributed by atoms with Crippen molar-refractivity contribution in [2.45, 2.75) is 38.9 Å². The molecule has 0 spiro atoms. The molecule has 1 aliphatic heterocycles. The van der Waals surface area contributed by atoms with Gasteiger partial charge in [-0.05, 0) is 6.42 Å². The van der Waals surface area contributed by atoms with E-state index >= 15 is 0 Å². The SMILES string of the molecule is CCCn1ccnc1[C@@H]1c2nc[nH]c2CCN1Cc1nccn1C. The zero-order valence-corrected chi connectivity index (χ0v) is 14.2. The summed E-state index contributed by atoms with van der Waals surface area (Å²) in [4.78, 5) is 19.5. The minimum Gasteiger partial charge on any atom is -0.348 e. The first kappa shape index (κ1) is 15.1. The molecule has 0 saturated carbocycles. The first-order chi connectivity index (χ1) is 11.8. The summed E-state index contributed by atoms with van der Waals surface area (Å²) in [6.45, 7) is 4.92.